The van der Waals surface area contributed by atoms with Gasteiger partial charge in [0.05, 0.1) is 16.1 Å². The van der Waals surface area contributed by atoms with Gasteiger partial charge in [0, 0.05) is 18.5 Å². The van der Waals surface area contributed by atoms with E-state index in [1.807, 2.05) is 0 Å². The number of carbonyl (C=O) groups excluding carboxylic acids is 1. The number of alkyl halides is 1. The van der Waals surface area contributed by atoms with Crippen molar-refractivity contribution in [3.05, 3.63) is 28.8 Å². The molecule has 1 saturated heterocycles. The molecular formula is C13H15BrClNO3. The number of phenols is 1. The number of nitrogens with one attached hydrogen (secondary N) is 1. The van der Waals surface area contributed by atoms with Crippen molar-refractivity contribution >= 4 is 33.4 Å². The molecule has 1 aromatic rings. The molecule has 2 rings (SSSR count). The van der Waals surface area contributed by atoms with E-state index in [0.717, 1.165) is 12.8 Å². The molecule has 0 saturated carbocycles. The van der Waals surface area contributed by atoms with Gasteiger partial charge in [0.2, 0.25) is 0 Å². The Kier molecular flexibility index (Phi) is 4.71. The lowest BCUT2D eigenvalue weighted by atomic mass is 9.92. The van der Waals surface area contributed by atoms with Crippen molar-refractivity contribution in [2.75, 3.05) is 18.5 Å². The Labute approximate surface area is 125 Å². The number of halogens is 2. The number of aromatic hydroxyl groups is 1. The average molecular weight is 349 g/mol. The summed E-state index contributed by atoms with van der Waals surface area (Å²) >= 11 is 9.44. The number of amides is 1. The maximum Gasteiger partial charge on any atom is 0.253 e. The number of phenolic OH excluding ortho intramolecular Hbond substituents is 1. The van der Waals surface area contributed by atoms with Gasteiger partial charge >= 0.3 is 0 Å². The lowest BCUT2D eigenvalue weighted by Crippen LogP contribution is -2.53. The van der Waals surface area contributed by atoms with Crippen molar-refractivity contribution in [3.8, 4) is 5.75 Å². The lowest BCUT2D eigenvalue weighted by molar-refractivity contribution is 0.0442. The van der Waals surface area contributed by atoms with E-state index in [1.54, 1.807) is 0 Å². The first-order chi connectivity index (χ1) is 9.06. The molecular weight excluding hydrogens is 334 g/mol. The number of hydrogen-bond acceptors (Lipinski definition) is 3. The summed E-state index contributed by atoms with van der Waals surface area (Å²) in [6.45, 7) is 1.25. The van der Waals surface area contributed by atoms with Crippen LogP contribution in [0.4, 0.5) is 0 Å². The van der Waals surface area contributed by atoms with Gasteiger partial charge < -0.3 is 15.2 Å². The normalized spacial score (nSPS) is 18.0. The van der Waals surface area contributed by atoms with E-state index in [-0.39, 0.29) is 22.8 Å². The summed E-state index contributed by atoms with van der Waals surface area (Å²) in [6.07, 6.45) is 1.50. The number of carbonyl (C=O) groups is 1. The van der Waals surface area contributed by atoms with Crippen molar-refractivity contribution < 1.29 is 14.6 Å². The van der Waals surface area contributed by atoms with E-state index in [1.165, 1.54) is 18.2 Å². The summed E-state index contributed by atoms with van der Waals surface area (Å²) in [7, 11) is 0. The van der Waals surface area contributed by atoms with Crippen LogP contribution >= 0.6 is 27.5 Å². The fourth-order valence-electron chi connectivity index (χ4n) is 2.05. The van der Waals surface area contributed by atoms with Crippen LogP contribution < -0.4 is 5.32 Å². The van der Waals surface area contributed by atoms with E-state index in [2.05, 4.69) is 21.2 Å². The predicted octanol–water partition coefficient (Wildman–Crippen LogP) is 2.72. The summed E-state index contributed by atoms with van der Waals surface area (Å²) in [5.41, 5.74) is -0.0297. The van der Waals surface area contributed by atoms with E-state index in [0.29, 0.717) is 23.6 Å². The fourth-order valence-corrected chi connectivity index (χ4v) is 2.95. The highest BCUT2D eigenvalue weighted by atomic mass is 79.9. The monoisotopic (exact) mass is 347 g/mol. The minimum Gasteiger partial charge on any atom is -0.508 e. The van der Waals surface area contributed by atoms with Gasteiger partial charge in [0.1, 0.15) is 5.75 Å². The summed E-state index contributed by atoms with van der Waals surface area (Å²) in [4.78, 5) is 12.3. The third kappa shape index (κ3) is 3.41. The maximum absolute atomic E-state index is 12.3. The molecule has 104 valence electrons. The standard InChI is InChI=1S/C13H15BrClNO3/c14-8-13(3-5-19-6-4-13)16-12(18)10-7-9(17)1-2-11(10)15/h1-2,7,17H,3-6,8H2,(H,16,18). The van der Waals surface area contributed by atoms with Gasteiger partial charge in [-0.2, -0.15) is 0 Å². The van der Waals surface area contributed by atoms with Crippen LogP contribution in [0.3, 0.4) is 0 Å². The van der Waals surface area contributed by atoms with E-state index in [9.17, 15) is 9.90 Å². The van der Waals surface area contributed by atoms with Crippen molar-refractivity contribution in [3.63, 3.8) is 0 Å². The van der Waals surface area contributed by atoms with Crippen LogP contribution in [0.15, 0.2) is 18.2 Å². The zero-order valence-corrected chi connectivity index (χ0v) is 12.6. The molecule has 1 fully saturated rings. The molecule has 1 heterocycles. The predicted molar refractivity (Wildman–Crippen MR) is 77.2 cm³/mol. The molecule has 6 heteroatoms. The molecule has 0 unspecified atom stereocenters. The number of ether oxygens (including phenoxy) is 1. The minimum absolute atomic E-state index is 0.0226. The molecule has 0 aliphatic carbocycles. The smallest absolute Gasteiger partial charge is 0.253 e. The third-order valence-electron chi connectivity index (χ3n) is 3.28. The average Bonchev–Trinajstić information content (AvgIpc) is 2.42. The highest BCUT2D eigenvalue weighted by molar-refractivity contribution is 9.09. The zero-order chi connectivity index (χ0) is 13.9. The molecule has 19 heavy (non-hydrogen) atoms. The van der Waals surface area contributed by atoms with Gasteiger partial charge in [-0.25, -0.2) is 0 Å². The highest BCUT2D eigenvalue weighted by Crippen LogP contribution is 2.26. The minimum atomic E-state index is -0.315. The van der Waals surface area contributed by atoms with Gasteiger partial charge in [-0.3, -0.25) is 4.79 Å². The Bertz CT molecular complexity index is 475. The lowest BCUT2D eigenvalue weighted by Gasteiger charge is -2.36. The van der Waals surface area contributed by atoms with Gasteiger partial charge in [-0.15, -0.1) is 0 Å². The van der Waals surface area contributed by atoms with Crippen molar-refractivity contribution in [1.29, 1.82) is 0 Å². The van der Waals surface area contributed by atoms with E-state index >= 15 is 0 Å². The molecule has 1 aromatic carbocycles. The van der Waals surface area contributed by atoms with Crippen LogP contribution in [-0.2, 0) is 4.74 Å². The summed E-state index contributed by atoms with van der Waals surface area (Å²) in [5.74, 6) is -0.253. The zero-order valence-electron chi connectivity index (χ0n) is 10.3. The van der Waals surface area contributed by atoms with Crippen LogP contribution in [-0.4, -0.2) is 35.1 Å². The largest absolute Gasteiger partial charge is 0.508 e. The van der Waals surface area contributed by atoms with Gasteiger partial charge in [0.25, 0.3) is 5.91 Å². The topological polar surface area (TPSA) is 58.6 Å². The van der Waals surface area contributed by atoms with Gasteiger partial charge in [0.15, 0.2) is 0 Å². The van der Waals surface area contributed by atoms with Crippen molar-refractivity contribution in [1.82, 2.24) is 5.32 Å². The Hall–Kier alpha value is -0.780. The molecule has 1 aliphatic heterocycles. The first kappa shape index (κ1) is 14.6. The SMILES string of the molecule is O=C(NC1(CBr)CCOCC1)c1cc(O)ccc1Cl. The summed E-state index contributed by atoms with van der Waals surface area (Å²) in [6, 6.07) is 4.34. The Morgan fingerprint density at radius 3 is 2.79 bits per heavy atom. The van der Waals surface area contributed by atoms with Crippen molar-refractivity contribution in [2.24, 2.45) is 0 Å². The van der Waals surface area contributed by atoms with Gasteiger partial charge in [-0.1, -0.05) is 27.5 Å². The first-order valence-electron chi connectivity index (χ1n) is 6.01. The number of rotatable bonds is 3. The van der Waals surface area contributed by atoms with E-state index in [4.69, 9.17) is 16.3 Å². The van der Waals surface area contributed by atoms with Crippen LogP contribution in [0.2, 0.25) is 5.02 Å². The molecule has 4 nitrogen and oxygen atoms in total. The molecule has 0 aromatic heterocycles. The molecule has 0 bridgehead atoms. The first-order valence-corrected chi connectivity index (χ1v) is 7.51. The summed E-state index contributed by atoms with van der Waals surface area (Å²) in [5, 5.41) is 13.4. The van der Waals surface area contributed by atoms with Crippen LogP contribution in [0.5, 0.6) is 5.75 Å². The molecule has 2 N–H and O–H groups in total. The second kappa shape index (κ2) is 6.11. The second-order valence-corrected chi connectivity index (χ2v) is 5.61. The van der Waals surface area contributed by atoms with Crippen LogP contribution in [0, 0.1) is 0 Å². The number of hydrogen-bond donors (Lipinski definition) is 2. The van der Waals surface area contributed by atoms with Crippen molar-refractivity contribution in [2.45, 2.75) is 18.4 Å². The maximum atomic E-state index is 12.3. The molecule has 1 amide bonds. The Morgan fingerprint density at radius 1 is 1.47 bits per heavy atom. The Balaban J connectivity index is 2.17. The molecule has 1 aliphatic rings. The number of benzene rings is 1. The molecule has 0 atom stereocenters. The van der Waals surface area contributed by atoms with Crippen LogP contribution in [0.1, 0.15) is 23.2 Å². The summed E-state index contributed by atoms with van der Waals surface area (Å²) < 4.78 is 5.32. The quantitative estimate of drug-likeness (QED) is 0.826. The van der Waals surface area contributed by atoms with E-state index < -0.39 is 0 Å². The molecule has 0 radical (unpaired) electrons. The fraction of sp³-hybridized carbons (Fsp3) is 0.462. The van der Waals surface area contributed by atoms with Gasteiger partial charge in [-0.05, 0) is 31.0 Å². The van der Waals surface area contributed by atoms with Crippen LogP contribution in [0.25, 0.3) is 0 Å². The third-order valence-corrected chi connectivity index (χ3v) is 4.68. The highest BCUT2D eigenvalue weighted by Gasteiger charge is 2.33. The Morgan fingerprint density at radius 2 is 2.16 bits per heavy atom. The second-order valence-electron chi connectivity index (χ2n) is 4.64. The molecule has 0 spiro atoms.